The molecule has 18 heavy (non-hydrogen) atoms. The Morgan fingerprint density at radius 1 is 1.44 bits per heavy atom. The average molecular weight is 245 g/mol. The number of amides is 1. The highest BCUT2D eigenvalue weighted by molar-refractivity contribution is 5.98. The molecule has 1 aliphatic heterocycles. The second kappa shape index (κ2) is 3.80. The molecule has 92 valence electrons. The van der Waals surface area contributed by atoms with Crippen LogP contribution < -0.4 is 10.1 Å². The summed E-state index contributed by atoms with van der Waals surface area (Å²) >= 11 is 0. The van der Waals surface area contributed by atoms with Gasteiger partial charge in [0.1, 0.15) is 5.75 Å². The van der Waals surface area contributed by atoms with Gasteiger partial charge < -0.3 is 10.1 Å². The Labute approximate surface area is 103 Å². The number of rotatable bonds is 1. The number of tetrazole rings is 1. The zero-order valence-electron chi connectivity index (χ0n) is 9.91. The molecular weight excluding hydrogens is 234 g/mol. The highest BCUT2D eigenvalue weighted by atomic mass is 16.5. The number of carbonyl (C=O) groups excluding carboxylic acids is 1. The number of carbonyl (C=O) groups is 1. The summed E-state index contributed by atoms with van der Waals surface area (Å²) in [6.45, 7) is 1.76. The Kier molecular flexibility index (Phi) is 2.26. The molecule has 0 bridgehead atoms. The van der Waals surface area contributed by atoms with E-state index in [9.17, 15) is 4.79 Å². The molecule has 1 amide bonds. The number of ether oxygens (including phenoxy) is 1. The number of hydrogen-bond acceptors (Lipinski definition) is 5. The molecule has 1 aliphatic rings. The van der Waals surface area contributed by atoms with Crippen molar-refractivity contribution in [2.45, 2.75) is 12.8 Å². The van der Waals surface area contributed by atoms with Crippen LogP contribution in [0.2, 0.25) is 0 Å². The van der Waals surface area contributed by atoms with Crippen molar-refractivity contribution in [3.63, 3.8) is 0 Å². The Balaban J connectivity index is 2.26. The van der Waals surface area contributed by atoms with E-state index in [1.54, 1.807) is 36.9 Å². The molecule has 1 atom stereocenters. The summed E-state index contributed by atoms with van der Waals surface area (Å²) in [5.74, 6) is 0.659. The molecule has 3 rings (SSSR count). The van der Waals surface area contributed by atoms with E-state index < -0.39 is 5.92 Å². The van der Waals surface area contributed by atoms with E-state index in [1.165, 1.54) is 0 Å². The maximum absolute atomic E-state index is 11.9. The van der Waals surface area contributed by atoms with Crippen LogP contribution in [0.15, 0.2) is 18.2 Å². The fourth-order valence-corrected chi connectivity index (χ4v) is 1.91. The summed E-state index contributed by atoms with van der Waals surface area (Å²) in [5, 5.41) is 14.3. The van der Waals surface area contributed by atoms with Crippen LogP contribution in [0, 0.1) is 0 Å². The molecule has 2 aromatic rings. The summed E-state index contributed by atoms with van der Waals surface area (Å²) < 4.78 is 6.73. The van der Waals surface area contributed by atoms with Crippen molar-refractivity contribution in [3.8, 4) is 11.4 Å². The third kappa shape index (κ3) is 1.44. The van der Waals surface area contributed by atoms with Gasteiger partial charge in [-0.2, -0.15) is 4.68 Å². The van der Waals surface area contributed by atoms with E-state index in [4.69, 9.17) is 4.74 Å². The van der Waals surface area contributed by atoms with Crippen LogP contribution in [0.25, 0.3) is 5.69 Å². The number of fused-ring (bicyclic) bond motifs is 3. The van der Waals surface area contributed by atoms with Crippen LogP contribution in [-0.4, -0.2) is 33.2 Å². The SMILES string of the molecule is COc1ccc2c(c1)-n1nnnc1C(C)C(=O)N2. The monoisotopic (exact) mass is 245 g/mol. The van der Waals surface area contributed by atoms with E-state index in [1.807, 2.05) is 0 Å². The van der Waals surface area contributed by atoms with Crippen molar-refractivity contribution in [2.75, 3.05) is 12.4 Å². The molecule has 0 saturated carbocycles. The highest BCUT2D eigenvalue weighted by Crippen LogP contribution is 2.30. The van der Waals surface area contributed by atoms with Gasteiger partial charge in [0.2, 0.25) is 5.91 Å². The number of anilines is 1. The molecule has 1 aromatic heterocycles. The first-order chi connectivity index (χ1) is 8.70. The Bertz CT molecular complexity index is 622. The number of methoxy groups -OCH3 is 1. The first-order valence-electron chi connectivity index (χ1n) is 5.48. The normalized spacial score (nSPS) is 17.4. The summed E-state index contributed by atoms with van der Waals surface area (Å²) in [7, 11) is 1.58. The van der Waals surface area contributed by atoms with E-state index >= 15 is 0 Å². The van der Waals surface area contributed by atoms with Gasteiger partial charge in [0.05, 0.1) is 24.4 Å². The summed E-state index contributed by atoms with van der Waals surface area (Å²) in [6.07, 6.45) is 0. The molecule has 1 aromatic carbocycles. The number of hydrogen-bond donors (Lipinski definition) is 1. The van der Waals surface area contributed by atoms with Crippen molar-refractivity contribution in [3.05, 3.63) is 24.0 Å². The fraction of sp³-hybridized carbons (Fsp3) is 0.273. The molecule has 2 heterocycles. The van der Waals surface area contributed by atoms with Crippen LogP contribution in [-0.2, 0) is 4.79 Å². The number of aromatic nitrogens is 4. The van der Waals surface area contributed by atoms with E-state index in [-0.39, 0.29) is 5.91 Å². The van der Waals surface area contributed by atoms with Gasteiger partial charge in [0, 0.05) is 6.07 Å². The van der Waals surface area contributed by atoms with Gasteiger partial charge in [0.15, 0.2) is 5.82 Å². The molecular formula is C11H11N5O2. The van der Waals surface area contributed by atoms with Crippen LogP contribution in [0.5, 0.6) is 5.75 Å². The molecule has 1 N–H and O–H groups in total. The highest BCUT2D eigenvalue weighted by Gasteiger charge is 2.28. The lowest BCUT2D eigenvalue weighted by Gasteiger charge is -2.08. The summed E-state index contributed by atoms with van der Waals surface area (Å²) in [6, 6.07) is 5.34. The van der Waals surface area contributed by atoms with Crippen molar-refractivity contribution >= 4 is 11.6 Å². The van der Waals surface area contributed by atoms with Crippen LogP contribution in [0.4, 0.5) is 5.69 Å². The third-order valence-corrected chi connectivity index (χ3v) is 2.97. The number of nitrogens with one attached hydrogen (secondary N) is 1. The molecule has 0 saturated heterocycles. The average Bonchev–Trinajstić information content (AvgIpc) is 2.83. The van der Waals surface area contributed by atoms with Crippen molar-refractivity contribution in [1.29, 1.82) is 0 Å². The second-order valence-electron chi connectivity index (χ2n) is 4.04. The summed E-state index contributed by atoms with van der Waals surface area (Å²) in [5.41, 5.74) is 1.37. The minimum absolute atomic E-state index is 0.130. The first kappa shape index (κ1) is 10.7. The van der Waals surface area contributed by atoms with E-state index in [0.717, 1.165) is 0 Å². The molecule has 0 radical (unpaired) electrons. The third-order valence-electron chi connectivity index (χ3n) is 2.97. The van der Waals surface area contributed by atoms with Crippen LogP contribution in [0.3, 0.4) is 0 Å². The van der Waals surface area contributed by atoms with Crippen LogP contribution >= 0.6 is 0 Å². The van der Waals surface area contributed by atoms with Crippen molar-refractivity contribution in [1.82, 2.24) is 20.2 Å². The minimum atomic E-state index is -0.404. The zero-order chi connectivity index (χ0) is 12.7. The Hall–Kier alpha value is -2.44. The van der Waals surface area contributed by atoms with Crippen LogP contribution in [0.1, 0.15) is 18.7 Å². The molecule has 0 fully saturated rings. The Morgan fingerprint density at radius 2 is 2.28 bits per heavy atom. The molecule has 7 nitrogen and oxygen atoms in total. The minimum Gasteiger partial charge on any atom is -0.497 e. The topological polar surface area (TPSA) is 81.9 Å². The fourth-order valence-electron chi connectivity index (χ4n) is 1.91. The molecule has 7 heteroatoms. The smallest absolute Gasteiger partial charge is 0.235 e. The van der Waals surface area contributed by atoms with Crippen molar-refractivity contribution in [2.24, 2.45) is 0 Å². The number of nitrogens with zero attached hydrogens (tertiary/aromatic N) is 4. The second-order valence-corrected chi connectivity index (χ2v) is 4.04. The van der Waals surface area contributed by atoms with Gasteiger partial charge in [0.25, 0.3) is 0 Å². The first-order valence-corrected chi connectivity index (χ1v) is 5.48. The maximum atomic E-state index is 11.9. The Morgan fingerprint density at radius 3 is 3.06 bits per heavy atom. The zero-order valence-corrected chi connectivity index (χ0v) is 9.91. The lowest BCUT2D eigenvalue weighted by molar-refractivity contribution is -0.117. The van der Waals surface area contributed by atoms with Gasteiger partial charge in [-0.1, -0.05) is 0 Å². The maximum Gasteiger partial charge on any atom is 0.235 e. The standard InChI is InChI=1S/C11H11N5O2/c1-6-10-13-14-15-16(10)9-5-7(18-2)3-4-8(9)12-11(6)17/h3-6H,1-2H3,(H,12,17). The number of benzene rings is 1. The van der Waals surface area contributed by atoms with E-state index in [2.05, 4.69) is 20.8 Å². The molecule has 0 aliphatic carbocycles. The van der Waals surface area contributed by atoms with Gasteiger partial charge in [-0.15, -0.1) is 5.10 Å². The van der Waals surface area contributed by atoms with Gasteiger partial charge in [-0.25, -0.2) is 0 Å². The van der Waals surface area contributed by atoms with Gasteiger partial charge in [-0.05, 0) is 29.5 Å². The molecule has 0 spiro atoms. The lowest BCUT2D eigenvalue weighted by Crippen LogP contribution is -2.18. The van der Waals surface area contributed by atoms with E-state index in [0.29, 0.717) is 22.9 Å². The largest absolute Gasteiger partial charge is 0.497 e. The predicted octanol–water partition coefficient (Wildman–Crippen LogP) is 0.726. The summed E-state index contributed by atoms with van der Waals surface area (Å²) in [4.78, 5) is 11.9. The quantitative estimate of drug-likeness (QED) is 0.800. The van der Waals surface area contributed by atoms with Crippen molar-refractivity contribution < 1.29 is 9.53 Å². The predicted molar refractivity (Wildman–Crippen MR) is 62.8 cm³/mol. The van der Waals surface area contributed by atoms with Gasteiger partial charge in [-0.3, -0.25) is 4.79 Å². The molecule has 1 unspecified atom stereocenters. The van der Waals surface area contributed by atoms with Gasteiger partial charge >= 0.3 is 0 Å². The lowest BCUT2D eigenvalue weighted by atomic mass is 10.1.